The second kappa shape index (κ2) is 7.75. The molecule has 2 bridgehead atoms. The molecule has 4 aliphatic rings. The highest BCUT2D eigenvalue weighted by molar-refractivity contribution is 5.91. The van der Waals surface area contributed by atoms with Crippen LogP contribution in [0.2, 0.25) is 0 Å². The van der Waals surface area contributed by atoms with Gasteiger partial charge in [-0.1, -0.05) is 6.07 Å². The lowest BCUT2D eigenvalue weighted by molar-refractivity contribution is -0.115. The summed E-state index contributed by atoms with van der Waals surface area (Å²) >= 11 is 0. The fraction of sp³-hybridized carbons (Fsp3) is 0.480. The lowest BCUT2D eigenvalue weighted by atomic mass is 9.52. The summed E-state index contributed by atoms with van der Waals surface area (Å²) in [4.78, 5) is 13.2. The number of piperidine rings is 1. The fourth-order valence-corrected chi connectivity index (χ4v) is 6.33. The number of hydrogen-bond donors (Lipinski definition) is 2. The van der Waals surface area contributed by atoms with E-state index in [1.807, 2.05) is 6.07 Å². The first kappa shape index (κ1) is 20.2. The van der Waals surface area contributed by atoms with Crippen molar-refractivity contribution in [1.29, 1.82) is 0 Å². The number of likely N-dealkylation sites (N-methyl/N-ethyl adjacent to an activating group) is 2. The maximum Gasteiger partial charge on any atom is 0.243 e. The number of rotatable bonds is 2. The largest absolute Gasteiger partial charge is 0.504 e. The molecule has 6 rings (SSSR count). The molecule has 1 saturated heterocycles. The maximum atomic E-state index is 10.7. The van der Waals surface area contributed by atoms with Gasteiger partial charge in [0.2, 0.25) is 5.91 Å². The van der Waals surface area contributed by atoms with Gasteiger partial charge in [0.1, 0.15) is 6.10 Å². The summed E-state index contributed by atoms with van der Waals surface area (Å²) in [6.07, 6.45) is 12.6. The zero-order chi connectivity index (χ0) is 21.6. The minimum absolute atomic E-state index is 0.119. The van der Waals surface area contributed by atoms with E-state index in [1.54, 1.807) is 31.7 Å². The van der Waals surface area contributed by atoms with Crippen molar-refractivity contribution in [2.24, 2.45) is 5.92 Å². The van der Waals surface area contributed by atoms with Gasteiger partial charge >= 0.3 is 0 Å². The van der Waals surface area contributed by atoms with Gasteiger partial charge in [0.15, 0.2) is 11.5 Å². The van der Waals surface area contributed by atoms with Crippen LogP contribution in [0.4, 0.5) is 0 Å². The van der Waals surface area contributed by atoms with Crippen molar-refractivity contribution in [3.8, 4) is 11.5 Å². The second-order valence-electron chi connectivity index (χ2n) is 9.14. The lowest BCUT2D eigenvalue weighted by Crippen LogP contribution is -2.63. The van der Waals surface area contributed by atoms with Crippen molar-refractivity contribution in [3.63, 3.8) is 0 Å². The maximum absolute atomic E-state index is 10.7. The van der Waals surface area contributed by atoms with E-state index >= 15 is 0 Å². The summed E-state index contributed by atoms with van der Waals surface area (Å²) < 4.78 is 11.1. The molecular weight excluding hydrogens is 392 g/mol. The highest BCUT2D eigenvalue weighted by Gasteiger charge is 2.62. The summed E-state index contributed by atoms with van der Waals surface area (Å²) in [5.41, 5.74) is 3.90. The number of phenolic OH excluding ortho intramolecular Hbond substituents is 1. The number of carbonyl (C=O) groups excluding carboxylic acids is 1. The number of nitrogens with one attached hydrogen (secondary N) is 1. The minimum atomic E-state index is -0.119. The third kappa shape index (κ3) is 3.16. The van der Waals surface area contributed by atoms with Crippen molar-refractivity contribution in [3.05, 3.63) is 53.5 Å². The van der Waals surface area contributed by atoms with Gasteiger partial charge in [0.25, 0.3) is 0 Å². The summed E-state index contributed by atoms with van der Waals surface area (Å²) in [6.45, 7) is 1.16. The Hall–Kier alpha value is -2.73. The first-order chi connectivity index (χ1) is 15.0. The molecule has 1 saturated carbocycles. The predicted molar refractivity (Wildman–Crippen MR) is 118 cm³/mol. The number of benzene rings is 1. The summed E-state index contributed by atoms with van der Waals surface area (Å²) in [5, 5.41) is 12.7. The van der Waals surface area contributed by atoms with Crippen LogP contribution in [0.15, 0.2) is 41.2 Å². The molecule has 4 atom stereocenters. The molecule has 2 aromatic rings. The van der Waals surface area contributed by atoms with Gasteiger partial charge in [0.05, 0.1) is 12.5 Å². The van der Waals surface area contributed by atoms with Crippen molar-refractivity contribution in [2.45, 2.75) is 49.7 Å². The summed E-state index contributed by atoms with van der Waals surface area (Å²) in [5.74, 6) is 1.77. The van der Waals surface area contributed by atoms with Gasteiger partial charge in [-0.2, -0.15) is 0 Å². The molecule has 2 aliphatic carbocycles. The van der Waals surface area contributed by atoms with Gasteiger partial charge in [-0.05, 0) is 75.4 Å². The molecule has 2 N–H and O–H groups in total. The molecule has 2 aliphatic heterocycles. The van der Waals surface area contributed by atoms with E-state index in [0.717, 1.165) is 36.6 Å². The van der Waals surface area contributed by atoms with Gasteiger partial charge in [-0.25, -0.2) is 0 Å². The Morgan fingerprint density at radius 2 is 2.19 bits per heavy atom. The molecule has 1 amide bonds. The van der Waals surface area contributed by atoms with Crippen molar-refractivity contribution in [1.82, 2.24) is 10.2 Å². The van der Waals surface area contributed by atoms with E-state index in [-0.39, 0.29) is 11.3 Å². The SMILES string of the molecule is CN1CC[C@]23c4c5ccc(O)c4O[C@H]2CCC[C@H]3[C@H]1C5.CNC(=O)/C=C/c1ccoc1. The van der Waals surface area contributed by atoms with Crippen LogP contribution in [0.3, 0.4) is 0 Å². The van der Waals surface area contributed by atoms with Crippen LogP contribution in [0.1, 0.15) is 42.4 Å². The van der Waals surface area contributed by atoms with E-state index < -0.39 is 0 Å². The zero-order valence-corrected chi connectivity index (χ0v) is 18.1. The Labute approximate surface area is 182 Å². The highest BCUT2D eigenvalue weighted by atomic mass is 16.5. The van der Waals surface area contributed by atoms with E-state index in [1.165, 1.54) is 36.5 Å². The average molecular weight is 423 g/mol. The number of nitrogens with zero attached hydrogens (tertiary/aromatic N) is 1. The number of furan rings is 1. The molecule has 1 aromatic heterocycles. The first-order valence-corrected chi connectivity index (χ1v) is 11.2. The van der Waals surface area contributed by atoms with Crippen LogP contribution in [0, 0.1) is 5.92 Å². The number of amides is 1. The second-order valence-corrected chi connectivity index (χ2v) is 9.14. The van der Waals surface area contributed by atoms with E-state index in [9.17, 15) is 9.90 Å². The first-order valence-electron chi connectivity index (χ1n) is 11.2. The van der Waals surface area contributed by atoms with Crippen LogP contribution >= 0.6 is 0 Å². The van der Waals surface area contributed by atoms with E-state index in [0.29, 0.717) is 17.9 Å². The summed E-state index contributed by atoms with van der Waals surface area (Å²) in [6, 6.07) is 6.41. The Balaban J connectivity index is 0.000000159. The normalized spacial score (nSPS) is 30.2. The van der Waals surface area contributed by atoms with Gasteiger partial charge in [-0.3, -0.25) is 4.79 Å². The van der Waals surface area contributed by atoms with E-state index in [4.69, 9.17) is 9.15 Å². The molecule has 6 heteroatoms. The minimum Gasteiger partial charge on any atom is -0.504 e. The number of aromatic hydroxyl groups is 1. The molecule has 0 unspecified atom stereocenters. The van der Waals surface area contributed by atoms with Crippen molar-refractivity contribution in [2.75, 3.05) is 20.6 Å². The van der Waals surface area contributed by atoms with Gasteiger partial charge in [-0.15, -0.1) is 0 Å². The van der Waals surface area contributed by atoms with E-state index in [2.05, 4.69) is 23.3 Å². The number of hydrogen-bond acceptors (Lipinski definition) is 5. The predicted octanol–water partition coefficient (Wildman–Crippen LogP) is 3.49. The van der Waals surface area contributed by atoms with Crippen LogP contribution in [-0.4, -0.2) is 48.7 Å². The van der Waals surface area contributed by atoms with Crippen molar-refractivity contribution < 1.29 is 19.1 Å². The molecular formula is C25H30N2O4. The number of likely N-dealkylation sites (tertiary alicyclic amines) is 1. The monoisotopic (exact) mass is 422 g/mol. The molecule has 164 valence electrons. The van der Waals surface area contributed by atoms with Crippen molar-refractivity contribution >= 4 is 12.0 Å². The quantitative estimate of drug-likeness (QED) is 0.725. The third-order valence-corrected chi connectivity index (χ3v) is 7.72. The molecule has 3 heterocycles. The summed E-state index contributed by atoms with van der Waals surface area (Å²) in [7, 11) is 3.87. The van der Waals surface area contributed by atoms with Crippen LogP contribution in [0.25, 0.3) is 6.08 Å². The molecule has 31 heavy (non-hydrogen) atoms. The number of phenols is 1. The van der Waals surface area contributed by atoms with Crippen LogP contribution in [-0.2, 0) is 16.6 Å². The topological polar surface area (TPSA) is 74.9 Å². The number of carbonyl (C=O) groups is 1. The Morgan fingerprint density at radius 1 is 1.32 bits per heavy atom. The Bertz CT molecular complexity index is 999. The third-order valence-electron chi connectivity index (χ3n) is 7.72. The average Bonchev–Trinajstić information content (AvgIpc) is 3.42. The Morgan fingerprint density at radius 3 is 2.97 bits per heavy atom. The standard InChI is InChI=1S/C17H21NO2.C8H9NO2/c1-18-8-7-17-11-3-2-4-14(17)20-16-13(19)6-5-10(15(16)17)9-12(11)18;1-9-8(10)3-2-7-4-5-11-6-7/h5-6,11-12,14,19H,2-4,7-9H2,1H3;2-6H,1H3,(H,9,10)/b;3-2+/t11-,12+,14-,17+;/m0./s1. The number of ether oxygens (including phenoxy) is 1. The highest BCUT2D eigenvalue weighted by Crippen LogP contribution is 2.63. The smallest absolute Gasteiger partial charge is 0.243 e. The van der Waals surface area contributed by atoms with Crippen LogP contribution < -0.4 is 10.1 Å². The molecule has 1 spiro atoms. The Kier molecular flexibility index (Phi) is 5.05. The molecule has 1 aromatic carbocycles. The fourth-order valence-electron chi connectivity index (χ4n) is 6.33. The zero-order valence-electron chi connectivity index (χ0n) is 18.1. The lowest BCUT2D eigenvalue weighted by Gasteiger charge is -2.57. The molecule has 6 nitrogen and oxygen atoms in total. The van der Waals surface area contributed by atoms with Gasteiger partial charge in [0, 0.05) is 35.7 Å². The van der Waals surface area contributed by atoms with Gasteiger partial charge < -0.3 is 24.5 Å². The molecule has 2 fully saturated rings. The van der Waals surface area contributed by atoms with Crippen LogP contribution in [0.5, 0.6) is 11.5 Å². The molecule has 0 radical (unpaired) electrons.